The van der Waals surface area contributed by atoms with Gasteiger partial charge in [-0.2, -0.15) is 0 Å². The first kappa shape index (κ1) is 15.3. The third-order valence-corrected chi connectivity index (χ3v) is 3.36. The minimum Gasteiger partial charge on any atom is -0.504 e. The number of phenolic OH excluding ortho intramolecular Hbond substituents is 1. The van der Waals surface area contributed by atoms with Crippen molar-refractivity contribution < 1.29 is 9.84 Å². The maximum Gasteiger partial charge on any atom is 0.162 e. The molecule has 2 N–H and O–H groups in total. The summed E-state index contributed by atoms with van der Waals surface area (Å²) in [6, 6.07) is 9.61. The van der Waals surface area contributed by atoms with E-state index in [-0.39, 0.29) is 5.75 Å². The van der Waals surface area contributed by atoms with Crippen molar-refractivity contribution in [3.05, 3.63) is 53.3 Å². The van der Waals surface area contributed by atoms with Gasteiger partial charge < -0.3 is 15.2 Å². The second-order valence-electron chi connectivity index (χ2n) is 4.76. The van der Waals surface area contributed by atoms with Crippen LogP contribution in [0.1, 0.15) is 30.7 Å². The van der Waals surface area contributed by atoms with E-state index in [1.165, 1.54) is 5.56 Å². The van der Waals surface area contributed by atoms with Crippen LogP contribution in [0, 0.1) is 0 Å². The highest BCUT2D eigenvalue weighted by molar-refractivity contribution is 5.45. The van der Waals surface area contributed by atoms with Gasteiger partial charge in [0, 0.05) is 24.8 Å². The Balaban J connectivity index is 1.99. The predicted octanol–water partition coefficient (Wildman–Crippen LogP) is 3.04. The van der Waals surface area contributed by atoms with Crippen molar-refractivity contribution in [2.75, 3.05) is 6.61 Å². The van der Waals surface area contributed by atoms with Crippen molar-refractivity contribution >= 4 is 0 Å². The first-order chi connectivity index (χ1) is 10.3. The molecule has 0 spiro atoms. The van der Waals surface area contributed by atoms with Crippen LogP contribution in [0.5, 0.6) is 11.5 Å². The molecule has 0 aliphatic rings. The molecule has 1 aromatic carbocycles. The number of rotatable bonds is 7. The zero-order chi connectivity index (χ0) is 15.1. The van der Waals surface area contributed by atoms with E-state index in [0.29, 0.717) is 25.4 Å². The number of phenols is 1. The van der Waals surface area contributed by atoms with E-state index in [2.05, 4.69) is 23.3 Å². The maximum atomic E-state index is 10.1. The molecule has 21 heavy (non-hydrogen) atoms. The van der Waals surface area contributed by atoms with Crippen LogP contribution in [0.25, 0.3) is 0 Å². The SMILES string of the molecule is CCOc1cccc(CNCc2ncccc2CC)c1O. The lowest BCUT2D eigenvalue weighted by Crippen LogP contribution is -2.15. The predicted molar refractivity (Wildman–Crippen MR) is 83.4 cm³/mol. The van der Waals surface area contributed by atoms with Gasteiger partial charge in [0.05, 0.1) is 12.3 Å². The van der Waals surface area contributed by atoms with Crippen molar-refractivity contribution in [1.29, 1.82) is 0 Å². The number of hydrogen-bond donors (Lipinski definition) is 2. The number of aryl methyl sites for hydroxylation is 1. The van der Waals surface area contributed by atoms with Gasteiger partial charge in [-0.3, -0.25) is 4.98 Å². The molecule has 1 heterocycles. The Morgan fingerprint density at radius 1 is 1.10 bits per heavy atom. The minimum atomic E-state index is 0.212. The molecule has 0 fully saturated rings. The second-order valence-corrected chi connectivity index (χ2v) is 4.76. The lowest BCUT2D eigenvalue weighted by atomic mass is 10.1. The van der Waals surface area contributed by atoms with E-state index < -0.39 is 0 Å². The Bertz CT molecular complexity index is 585. The summed E-state index contributed by atoms with van der Waals surface area (Å²) < 4.78 is 5.39. The van der Waals surface area contributed by atoms with Gasteiger partial charge in [0.25, 0.3) is 0 Å². The number of ether oxygens (including phenoxy) is 1. The number of nitrogens with one attached hydrogen (secondary N) is 1. The number of pyridine rings is 1. The Hall–Kier alpha value is -2.07. The van der Waals surface area contributed by atoms with Crippen LogP contribution in [0.15, 0.2) is 36.5 Å². The van der Waals surface area contributed by atoms with Crippen LogP contribution in [0.4, 0.5) is 0 Å². The smallest absolute Gasteiger partial charge is 0.162 e. The topological polar surface area (TPSA) is 54.4 Å². The van der Waals surface area contributed by atoms with Gasteiger partial charge in [-0.25, -0.2) is 0 Å². The molecule has 0 amide bonds. The summed E-state index contributed by atoms with van der Waals surface area (Å²) in [7, 11) is 0. The summed E-state index contributed by atoms with van der Waals surface area (Å²) in [5.41, 5.74) is 3.13. The molecule has 1 aromatic heterocycles. The van der Waals surface area contributed by atoms with E-state index in [0.717, 1.165) is 17.7 Å². The van der Waals surface area contributed by atoms with Gasteiger partial charge in [0.15, 0.2) is 11.5 Å². The van der Waals surface area contributed by atoms with Crippen molar-refractivity contribution in [2.45, 2.75) is 33.4 Å². The summed E-state index contributed by atoms with van der Waals surface area (Å²) in [6.45, 7) is 5.82. The highest BCUT2D eigenvalue weighted by atomic mass is 16.5. The number of para-hydroxylation sites is 1. The summed E-state index contributed by atoms with van der Waals surface area (Å²) in [5.74, 6) is 0.743. The molecule has 0 unspecified atom stereocenters. The Morgan fingerprint density at radius 2 is 1.90 bits per heavy atom. The molecule has 4 nitrogen and oxygen atoms in total. The van der Waals surface area contributed by atoms with Crippen LogP contribution >= 0.6 is 0 Å². The summed E-state index contributed by atoms with van der Waals surface area (Å²) in [4.78, 5) is 4.40. The molecular formula is C17H22N2O2. The van der Waals surface area contributed by atoms with Crippen molar-refractivity contribution in [3.8, 4) is 11.5 Å². The Labute approximate surface area is 125 Å². The third kappa shape index (κ3) is 3.95. The lowest BCUT2D eigenvalue weighted by molar-refractivity contribution is 0.316. The van der Waals surface area contributed by atoms with Gasteiger partial charge in [-0.15, -0.1) is 0 Å². The number of aromatic hydroxyl groups is 1. The highest BCUT2D eigenvalue weighted by Crippen LogP contribution is 2.29. The standard InChI is InChI=1S/C17H22N2O2/c1-3-13-8-6-10-19-15(13)12-18-11-14-7-5-9-16(17(14)20)21-4-2/h5-10,18,20H,3-4,11-12H2,1-2H3. The largest absolute Gasteiger partial charge is 0.504 e. The Kier molecular flexibility index (Phi) is 5.58. The van der Waals surface area contributed by atoms with Gasteiger partial charge in [0.2, 0.25) is 0 Å². The van der Waals surface area contributed by atoms with Crippen LogP contribution in [0.3, 0.4) is 0 Å². The molecule has 0 aliphatic carbocycles. The average molecular weight is 286 g/mol. The highest BCUT2D eigenvalue weighted by Gasteiger charge is 2.08. The minimum absolute atomic E-state index is 0.212. The molecule has 0 atom stereocenters. The molecule has 112 valence electrons. The van der Waals surface area contributed by atoms with Gasteiger partial charge in [0.1, 0.15) is 0 Å². The lowest BCUT2D eigenvalue weighted by Gasteiger charge is -2.11. The fourth-order valence-corrected chi connectivity index (χ4v) is 2.25. The average Bonchev–Trinajstić information content (AvgIpc) is 2.51. The Morgan fingerprint density at radius 3 is 2.67 bits per heavy atom. The molecule has 0 saturated heterocycles. The second kappa shape index (κ2) is 7.64. The molecule has 0 aliphatic heterocycles. The number of nitrogens with zero attached hydrogens (tertiary/aromatic N) is 1. The van der Waals surface area contributed by atoms with E-state index in [1.54, 1.807) is 6.07 Å². The monoisotopic (exact) mass is 286 g/mol. The zero-order valence-electron chi connectivity index (χ0n) is 12.6. The molecule has 0 saturated carbocycles. The first-order valence-corrected chi connectivity index (χ1v) is 7.33. The molecular weight excluding hydrogens is 264 g/mol. The van der Waals surface area contributed by atoms with Crippen LogP contribution in [0.2, 0.25) is 0 Å². The normalized spacial score (nSPS) is 10.6. The maximum absolute atomic E-state index is 10.1. The number of benzene rings is 1. The molecule has 2 rings (SSSR count). The van der Waals surface area contributed by atoms with Crippen molar-refractivity contribution in [1.82, 2.24) is 10.3 Å². The number of hydrogen-bond acceptors (Lipinski definition) is 4. The van der Waals surface area contributed by atoms with Gasteiger partial charge in [-0.05, 0) is 31.0 Å². The van der Waals surface area contributed by atoms with E-state index >= 15 is 0 Å². The molecule has 2 aromatic rings. The zero-order valence-corrected chi connectivity index (χ0v) is 12.6. The summed E-state index contributed by atoms with van der Waals surface area (Å²) >= 11 is 0. The number of aromatic nitrogens is 1. The quantitative estimate of drug-likeness (QED) is 0.821. The fourth-order valence-electron chi connectivity index (χ4n) is 2.25. The van der Waals surface area contributed by atoms with Crippen molar-refractivity contribution in [2.24, 2.45) is 0 Å². The van der Waals surface area contributed by atoms with Gasteiger partial charge >= 0.3 is 0 Å². The van der Waals surface area contributed by atoms with Crippen molar-refractivity contribution in [3.63, 3.8) is 0 Å². The fraction of sp³-hybridized carbons (Fsp3) is 0.353. The van der Waals surface area contributed by atoms with E-state index in [4.69, 9.17) is 4.74 Å². The van der Waals surface area contributed by atoms with Gasteiger partial charge in [-0.1, -0.05) is 25.1 Å². The van der Waals surface area contributed by atoms with Crippen LogP contribution in [-0.4, -0.2) is 16.7 Å². The molecule has 0 radical (unpaired) electrons. The van der Waals surface area contributed by atoms with E-state index in [9.17, 15) is 5.11 Å². The summed E-state index contributed by atoms with van der Waals surface area (Å²) in [5, 5.41) is 13.5. The van der Waals surface area contributed by atoms with Crippen LogP contribution < -0.4 is 10.1 Å². The van der Waals surface area contributed by atoms with E-state index in [1.807, 2.05) is 31.3 Å². The molecule has 4 heteroatoms. The van der Waals surface area contributed by atoms with Crippen LogP contribution in [-0.2, 0) is 19.5 Å². The molecule has 0 bridgehead atoms. The first-order valence-electron chi connectivity index (χ1n) is 7.33. The summed E-state index contributed by atoms with van der Waals surface area (Å²) in [6.07, 6.45) is 2.78. The third-order valence-electron chi connectivity index (χ3n) is 3.36.